The van der Waals surface area contributed by atoms with E-state index < -0.39 is 0 Å². The molecule has 0 aliphatic heterocycles. The third kappa shape index (κ3) is 4.95. The lowest BCUT2D eigenvalue weighted by Gasteiger charge is -2.07. The molecule has 2 rings (SSSR count). The molecule has 0 aliphatic rings. The highest BCUT2D eigenvalue weighted by Gasteiger charge is 2.02. The van der Waals surface area contributed by atoms with E-state index in [9.17, 15) is 0 Å². The van der Waals surface area contributed by atoms with E-state index >= 15 is 0 Å². The molecule has 22 heavy (non-hydrogen) atoms. The third-order valence-electron chi connectivity index (χ3n) is 3.54. The summed E-state index contributed by atoms with van der Waals surface area (Å²) in [4.78, 5) is 0. The van der Waals surface area contributed by atoms with Gasteiger partial charge < -0.3 is 10.5 Å². The molecule has 0 aromatic heterocycles. The molecule has 0 spiro atoms. The molecule has 0 atom stereocenters. The first-order chi connectivity index (χ1) is 10.8. The lowest BCUT2D eigenvalue weighted by Crippen LogP contribution is -2.04. The fourth-order valence-corrected chi connectivity index (χ4v) is 2.37. The van der Waals surface area contributed by atoms with Crippen molar-refractivity contribution in [2.75, 3.05) is 13.7 Å². The van der Waals surface area contributed by atoms with E-state index in [-0.39, 0.29) is 0 Å². The monoisotopic (exact) mass is 293 g/mol. The summed E-state index contributed by atoms with van der Waals surface area (Å²) in [5.74, 6) is 7.33. The van der Waals surface area contributed by atoms with Gasteiger partial charge in [-0.05, 0) is 49.1 Å². The van der Waals surface area contributed by atoms with E-state index in [0.29, 0.717) is 6.54 Å². The number of hydrogen-bond acceptors (Lipinski definition) is 2. The number of methoxy groups -OCH3 is 1. The zero-order chi connectivity index (χ0) is 15.6. The van der Waals surface area contributed by atoms with Crippen LogP contribution in [0.2, 0.25) is 0 Å². The Bertz CT molecular complexity index is 638. The lowest BCUT2D eigenvalue weighted by molar-refractivity contribution is 0.409. The highest BCUT2D eigenvalue weighted by atomic mass is 16.5. The summed E-state index contributed by atoms with van der Waals surface area (Å²) in [6.07, 6.45) is 3.89. The van der Waals surface area contributed by atoms with Crippen LogP contribution in [-0.2, 0) is 12.8 Å². The number of unbranched alkanes of at least 4 members (excludes halogenated alkanes) is 1. The summed E-state index contributed by atoms with van der Waals surface area (Å²) in [7, 11) is 1.69. The summed E-state index contributed by atoms with van der Waals surface area (Å²) in [6.45, 7) is 0.626. The topological polar surface area (TPSA) is 35.2 Å². The minimum absolute atomic E-state index is 0.626. The second kappa shape index (κ2) is 8.92. The van der Waals surface area contributed by atoms with Crippen molar-refractivity contribution in [1.82, 2.24) is 0 Å². The van der Waals surface area contributed by atoms with Gasteiger partial charge in [0, 0.05) is 12.0 Å². The second-order valence-electron chi connectivity index (χ2n) is 5.21. The Morgan fingerprint density at radius 1 is 1.05 bits per heavy atom. The largest absolute Gasteiger partial charge is 0.496 e. The van der Waals surface area contributed by atoms with Gasteiger partial charge in [-0.2, -0.15) is 0 Å². The Balaban J connectivity index is 1.88. The molecule has 0 bridgehead atoms. The van der Waals surface area contributed by atoms with Crippen LogP contribution in [0.4, 0.5) is 0 Å². The van der Waals surface area contributed by atoms with E-state index in [1.807, 2.05) is 18.2 Å². The van der Waals surface area contributed by atoms with Crippen LogP contribution < -0.4 is 10.5 Å². The van der Waals surface area contributed by atoms with E-state index in [0.717, 1.165) is 42.6 Å². The highest BCUT2D eigenvalue weighted by molar-refractivity contribution is 5.44. The molecule has 0 unspecified atom stereocenters. The van der Waals surface area contributed by atoms with Gasteiger partial charge in [-0.1, -0.05) is 48.2 Å². The molecule has 0 saturated carbocycles. The van der Waals surface area contributed by atoms with Gasteiger partial charge in [0.05, 0.1) is 7.11 Å². The fraction of sp³-hybridized carbons (Fsp3) is 0.300. The zero-order valence-electron chi connectivity index (χ0n) is 13.1. The first kappa shape index (κ1) is 16.1. The van der Waals surface area contributed by atoms with Crippen molar-refractivity contribution in [3.63, 3.8) is 0 Å². The van der Waals surface area contributed by atoms with Crippen LogP contribution >= 0.6 is 0 Å². The number of benzene rings is 2. The Hall–Kier alpha value is -2.24. The molecular weight excluding hydrogens is 270 g/mol. The van der Waals surface area contributed by atoms with Crippen LogP contribution in [0, 0.1) is 11.8 Å². The fourth-order valence-electron chi connectivity index (χ4n) is 2.37. The molecule has 2 aromatic rings. The summed E-state index contributed by atoms with van der Waals surface area (Å²) in [5.41, 5.74) is 9.11. The van der Waals surface area contributed by atoms with Gasteiger partial charge in [0.2, 0.25) is 0 Å². The van der Waals surface area contributed by atoms with Crippen molar-refractivity contribution >= 4 is 0 Å². The summed E-state index contributed by atoms with van der Waals surface area (Å²) in [5, 5.41) is 0. The maximum atomic E-state index is 5.60. The second-order valence-corrected chi connectivity index (χ2v) is 5.21. The number of aryl methyl sites for hydroxylation is 1. The predicted octanol–water partition coefficient (Wildman–Crippen LogP) is 3.57. The minimum Gasteiger partial charge on any atom is -0.496 e. The normalized spacial score (nSPS) is 9.91. The van der Waals surface area contributed by atoms with Gasteiger partial charge in [-0.25, -0.2) is 0 Å². The van der Waals surface area contributed by atoms with E-state index in [1.165, 1.54) is 5.56 Å². The summed E-state index contributed by atoms with van der Waals surface area (Å²) >= 11 is 0. The molecule has 2 nitrogen and oxygen atoms in total. The molecule has 0 fully saturated rings. The molecule has 2 aromatic carbocycles. The Labute approximate surface area is 133 Å². The van der Waals surface area contributed by atoms with Gasteiger partial charge in [-0.15, -0.1) is 0 Å². The standard InChI is InChI=1S/C20H23NO/c1-22-20-16-18(12-13-19(20)14-15-21)11-7-3-6-10-17-8-4-2-5-9-17/h2,4-5,8-9,12-13,16H,3,6,10,14-15,21H2,1H3. The van der Waals surface area contributed by atoms with Crippen LogP contribution in [0.5, 0.6) is 5.75 Å². The Morgan fingerprint density at radius 2 is 1.86 bits per heavy atom. The van der Waals surface area contributed by atoms with Gasteiger partial charge >= 0.3 is 0 Å². The molecular formula is C20H23NO. The van der Waals surface area contributed by atoms with Gasteiger partial charge in [0.25, 0.3) is 0 Å². The minimum atomic E-state index is 0.626. The Kier molecular flexibility index (Phi) is 6.54. The third-order valence-corrected chi connectivity index (χ3v) is 3.54. The number of rotatable bonds is 6. The van der Waals surface area contributed by atoms with Crippen LogP contribution in [0.15, 0.2) is 48.5 Å². The maximum Gasteiger partial charge on any atom is 0.123 e. The van der Waals surface area contributed by atoms with E-state index in [2.05, 4.69) is 42.2 Å². The van der Waals surface area contributed by atoms with Crippen molar-refractivity contribution < 1.29 is 4.74 Å². The number of nitrogens with two attached hydrogens (primary N) is 1. The van der Waals surface area contributed by atoms with Crippen LogP contribution in [0.3, 0.4) is 0 Å². The molecule has 0 heterocycles. The van der Waals surface area contributed by atoms with Crippen molar-refractivity contribution in [1.29, 1.82) is 0 Å². The van der Waals surface area contributed by atoms with E-state index in [1.54, 1.807) is 7.11 Å². The highest BCUT2D eigenvalue weighted by Crippen LogP contribution is 2.20. The lowest BCUT2D eigenvalue weighted by atomic mass is 10.1. The quantitative estimate of drug-likeness (QED) is 0.653. The molecule has 2 N–H and O–H groups in total. The van der Waals surface area contributed by atoms with Crippen LogP contribution in [0.1, 0.15) is 29.5 Å². The molecule has 0 radical (unpaired) electrons. The number of ether oxygens (including phenoxy) is 1. The summed E-state index contributed by atoms with van der Waals surface area (Å²) < 4.78 is 5.40. The summed E-state index contributed by atoms with van der Waals surface area (Å²) in [6, 6.07) is 16.6. The SMILES string of the molecule is COc1cc(C#CCCCc2ccccc2)ccc1CCN. The molecule has 0 aliphatic carbocycles. The van der Waals surface area contributed by atoms with Gasteiger partial charge in [0.15, 0.2) is 0 Å². The van der Waals surface area contributed by atoms with Gasteiger partial charge in [0.1, 0.15) is 5.75 Å². The average molecular weight is 293 g/mol. The molecule has 0 saturated heterocycles. The molecule has 2 heteroatoms. The average Bonchev–Trinajstić information content (AvgIpc) is 2.57. The first-order valence-electron chi connectivity index (χ1n) is 7.73. The smallest absolute Gasteiger partial charge is 0.123 e. The van der Waals surface area contributed by atoms with Crippen molar-refractivity contribution in [3.8, 4) is 17.6 Å². The Morgan fingerprint density at radius 3 is 2.59 bits per heavy atom. The van der Waals surface area contributed by atoms with Crippen LogP contribution in [0.25, 0.3) is 0 Å². The van der Waals surface area contributed by atoms with Crippen LogP contribution in [-0.4, -0.2) is 13.7 Å². The number of hydrogen-bond donors (Lipinski definition) is 1. The van der Waals surface area contributed by atoms with Gasteiger partial charge in [-0.3, -0.25) is 0 Å². The predicted molar refractivity (Wildman–Crippen MR) is 92.0 cm³/mol. The van der Waals surface area contributed by atoms with E-state index in [4.69, 9.17) is 10.5 Å². The first-order valence-corrected chi connectivity index (χ1v) is 7.73. The molecule has 0 amide bonds. The zero-order valence-corrected chi connectivity index (χ0v) is 13.1. The molecule has 114 valence electrons. The van der Waals surface area contributed by atoms with Crippen molar-refractivity contribution in [2.24, 2.45) is 5.73 Å². The van der Waals surface area contributed by atoms with Crippen molar-refractivity contribution in [2.45, 2.75) is 25.7 Å². The van der Waals surface area contributed by atoms with Crippen molar-refractivity contribution in [3.05, 3.63) is 65.2 Å². The maximum absolute atomic E-state index is 5.60.